The van der Waals surface area contributed by atoms with E-state index in [-0.39, 0.29) is 10.6 Å². The predicted octanol–water partition coefficient (Wildman–Crippen LogP) is 0.392. The van der Waals surface area contributed by atoms with Crippen LogP contribution in [0.1, 0.15) is 5.69 Å². The molecule has 2 aliphatic rings. The fourth-order valence-electron chi connectivity index (χ4n) is 2.76. The van der Waals surface area contributed by atoms with E-state index in [1.165, 1.54) is 0 Å². The van der Waals surface area contributed by atoms with Crippen molar-refractivity contribution in [1.29, 1.82) is 0 Å². The van der Waals surface area contributed by atoms with E-state index in [1.54, 1.807) is 19.1 Å². The molecule has 2 aliphatic heterocycles. The van der Waals surface area contributed by atoms with E-state index in [4.69, 9.17) is 0 Å². The molecular weight excluding hydrogens is 258 g/mol. The maximum absolute atomic E-state index is 10.8. The summed E-state index contributed by atoms with van der Waals surface area (Å²) in [6, 6.07) is 4.00. The molecule has 7 heteroatoms. The van der Waals surface area contributed by atoms with Gasteiger partial charge in [-0.2, -0.15) is 0 Å². The maximum atomic E-state index is 10.8. The van der Waals surface area contributed by atoms with Gasteiger partial charge in [-0.1, -0.05) is 0 Å². The number of nitrogens with zero attached hydrogens (tertiary/aromatic N) is 4. The van der Waals surface area contributed by atoms with Crippen molar-refractivity contribution >= 4 is 11.5 Å². The molecule has 1 N–H and O–H groups in total. The Bertz CT molecular complexity index is 509. The Kier molecular flexibility index (Phi) is 3.54. The molecule has 0 unspecified atom stereocenters. The molecular formula is C13H19N5O2. The second kappa shape index (κ2) is 5.34. The third-order valence-electron chi connectivity index (χ3n) is 4.15. The zero-order chi connectivity index (χ0) is 14.1. The largest absolute Gasteiger partial charge is 0.354 e. The molecule has 0 aliphatic carbocycles. The maximum Gasteiger partial charge on any atom is 0.290 e. The van der Waals surface area contributed by atoms with Gasteiger partial charge in [0.25, 0.3) is 5.69 Å². The van der Waals surface area contributed by atoms with E-state index in [0.717, 1.165) is 45.1 Å². The highest BCUT2D eigenvalue weighted by Gasteiger charge is 2.28. The minimum absolute atomic E-state index is 0.0907. The normalized spacial score (nSPS) is 20.8. The topological polar surface area (TPSA) is 74.5 Å². The number of aryl methyl sites for hydroxylation is 1. The van der Waals surface area contributed by atoms with Crippen LogP contribution in [0.2, 0.25) is 0 Å². The summed E-state index contributed by atoms with van der Waals surface area (Å²) in [5.74, 6) is 0.847. The lowest BCUT2D eigenvalue weighted by atomic mass is 10.1. The number of aromatic nitrogens is 1. The summed E-state index contributed by atoms with van der Waals surface area (Å²) < 4.78 is 0. The first kappa shape index (κ1) is 13.3. The summed E-state index contributed by atoms with van der Waals surface area (Å²) >= 11 is 0. The zero-order valence-corrected chi connectivity index (χ0v) is 11.6. The highest BCUT2D eigenvalue weighted by atomic mass is 16.6. The van der Waals surface area contributed by atoms with Crippen molar-refractivity contribution in [2.24, 2.45) is 0 Å². The Morgan fingerprint density at radius 3 is 2.50 bits per heavy atom. The summed E-state index contributed by atoms with van der Waals surface area (Å²) in [5, 5.41) is 14.1. The molecule has 2 fully saturated rings. The van der Waals surface area contributed by atoms with Crippen LogP contribution in [0.15, 0.2) is 12.1 Å². The third-order valence-corrected chi connectivity index (χ3v) is 4.15. The number of nitrogens with one attached hydrogen (secondary N) is 1. The quantitative estimate of drug-likeness (QED) is 0.636. The highest BCUT2D eigenvalue weighted by molar-refractivity contribution is 5.47. The van der Waals surface area contributed by atoms with Crippen LogP contribution in [-0.4, -0.2) is 60.1 Å². The van der Waals surface area contributed by atoms with Crippen LogP contribution < -0.4 is 10.2 Å². The van der Waals surface area contributed by atoms with Gasteiger partial charge in [0, 0.05) is 51.4 Å². The van der Waals surface area contributed by atoms with Crippen molar-refractivity contribution in [2.75, 3.05) is 44.2 Å². The summed E-state index contributed by atoms with van der Waals surface area (Å²) in [6.45, 7) is 7.80. The number of pyridine rings is 1. The lowest BCUT2D eigenvalue weighted by Gasteiger charge is -2.43. The zero-order valence-electron chi connectivity index (χ0n) is 11.6. The molecule has 108 valence electrons. The van der Waals surface area contributed by atoms with Crippen molar-refractivity contribution in [3.8, 4) is 0 Å². The van der Waals surface area contributed by atoms with Crippen molar-refractivity contribution in [3.05, 3.63) is 27.9 Å². The van der Waals surface area contributed by atoms with Crippen molar-refractivity contribution < 1.29 is 4.92 Å². The van der Waals surface area contributed by atoms with E-state index in [1.807, 2.05) is 0 Å². The molecule has 1 aromatic rings. The molecule has 3 rings (SSSR count). The Morgan fingerprint density at radius 1 is 1.30 bits per heavy atom. The average Bonchev–Trinajstić information content (AvgIpc) is 2.37. The first-order valence-corrected chi connectivity index (χ1v) is 6.97. The van der Waals surface area contributed by atoms with Gasteiger partial charge >= 0.3 is 0 Å². The Morgan fingerprint density at radius 2 is 2.00 bits per heavy atom. The second-order valence-electron chi connectivity index (χ2n) is 5.37. The molecule has 0 aromatic carbocycles. The van der Waals surface area contributed by atoms with Crippen LogP contribution >= 0.6 is 0 Å². The smallest absolute Gasteiger partial charge is 0.290 e. The van der Waals surface area contributed by atoms with Gasteiger partial charge in [0.05, 0.1) is 4.92 Å². The van der Waals surface area contributed by atoms with Crippen molar-refractivity contribution in [3.63, 3.8) is 0 Å². The molecule has 2 saturated heterocycles. The fourth-order valence-corrected chi connectivity index (χ4v) is 2.76. The Labute approximate surface area is 117 Å². The minimum atomic E-state index is -0.381. The number of piperazine rings is 1. The molecule has 20 heavy (non-hydrogen) atoms. The van der Waals surface area contributed by atoms with Gasteiger partial charge in [-0.3, -0.25) is 15.0 Å². The molecule has 0 amide bonds. The first-order chi connectivity index (χ1) is 9.65. The number of rotatable bonds is 3. The summed E-state index contributed by atoms with van der Waals surface area (Å²) in [7, 11) is 0. The fraction of sp³-hybridized carbons (Fsp3) is 0.615. The number of hydrogen-bond acceptors (Lipinski definition) is 6. The molecule has 0 saturated carbocycles. The number of nitro groups is 1. The van der Waals surface area contributed by atoms with E-state index in [9.17, 15) is 10.1 Å². The summed E-state index contributed by atoms with van der Waals surface area (Å²) in [6.07, 6.45) is 0. The number of hydrogen-bond donors (Lipinski definition) is 1. The number of anilines is 1. The van der Waals surface area contributed by atoms with Gasteiger partial charge in [-0.05, 0) is 13.0 Å². The van der Waals surface area contributed by atoms with E-state index < -0.39 is 0 Å². The molecule has 0 radical (unpaired) electrons. The van der Waals surface area contributed by atoms with Crippen LogP contribution in [-0.2, 0) is 0 Å². The molecule has 1 aromatic heterocycles. The van der Waals surface area contributed by atoms with Crippen LogP contribution in [0.4, 0.5) is 11.5 Å². The highest BCUT2D eigenvalue weighted by Crippen LogP contribution is 2.22. The average molecular weight is 277 g/mol. The van der Waals surface area contributed by atoms with Crippen LogP contribution in [0.3, 0.4) is 0 Å². The summed E-state index contributed by atoms with van der Waals surface area (Å²) in [5.41, 5.74) is 0.575. The van der Waals surface area contributed by atoms with Gasteiger partial charge in [0.1, 0.15) is 11.5 Å². The van der Waals surface area contributed by atoms with Gasteiger partial charge in [0.2, 0.25) is 0 Å². The Hall–Kier alpha value is -1.73. The summed E-state index contributed by atoms with van der Waals surface area (Å²) in [4.78, 5) is 19.5. The second-order valence-corrected chi connectivity index (χ2v) is 5.37. The van der Waals surface area contributed by atoms with Crippen LogP contribution in [0, 0.1) is 17.0 Å². The standard InChI is InChI=1S/C13H19N5O2/c1-10-12(18(19)20)2-3-13(15-10)17-6-4-16(5-7-17)11-8-14-9-11/h2-3,11,14H,4-9H2,1H3. The SMILES string of the molecule is Cc1nc(N2CCN(C3CNC3)CC2)ccc1[N+](=O)[O-]. The van der Waals surface area contributed by atoms with E-state index in [2.05, 4.69) is 20.1 Å². The molecule has 3 heterocycles. The Balaban J connectivity index is 1.65. The first-order valence-electron chi connectivity index (χ1n) is 6.97. The van der Waals surface area contributed by atoms with Crippen LogP contribution in [0.5, 0.6) is 0 Å². The van der Waals surface area contributed by atoms with Crippen molar-refractivity contribution in [2.45, 2.75) is 13.0 Å². The molecule has 0 atom stereocenters. The lowest BCUT2D eigenvalue weighted by Crippen LogP contribution is -2.61. The van der Waals surface area contributed by atoms with E-state index >= 15 is 0 Å². The van der Waals surface area contributed by atoms with Gasteiger partial charge < -0.3 is 10.2 Å². The molecule has 0 spiro atoms. The van der Waals surface area contributed by atoms with Gasteiger partial charge in [-0.15, -0.1) is 0 Å². The van der Waals surface area contributed by atoms with Gasteiger partial charge in [0.15, 0.2) is 0 Å². The monoisotopic (exact) mass is 277 g/mol. The molecule has 0 bridgehead atoms. The van der Waals surface area contributed by atoms with E-state index in [0.29, 0.717) is 11.7 Å². The third kappa shape index (κ3) is 2.46. The lowest BCUT2D eigenvalue weighted by molar-refractivity contribution is -0.385. The molecule has 7 nitrogen and oxygen atoms in total. The van der Waals surface area contributed by atoms with Crippen molar-refractivity contribution in [1.82, 2.24) is 15.2 Å². The minimum Gasteiger partial charge on any atom is -0.354 e. The predicted molar refractivity (Wildman–Crippen MR) is 76.1 cm³/mol. The van der Waals surface area contributed by atoms with Gasteiger partial charge in [-0.25, -0.2) is 4.98 Å². The van der Waals surface area contributed by atoms with Crippen LogP contribution in [0.25, 0.3) is 0 Å².